The Bertz CT molecular complexity index is 1020. The highest BCUT2D eigenvalue weighted by Crippen LogP contribution is 2.19. The van der Waals surface area contributed by atoms with Gasteiger partial charge in [0, 0.05) is 17.1 Å². The largest absolute Gasteiger partial charge is 0.346 e. The van der Waals surface area contributed by atoms with Gasteiger partial charge in [-0.15, -0.1) is 11.3 Å². The molecule has 9 heteroatoms. The molecule has 0 saturated heterocycles. The molecular weight excluding hydrogens is 389 g/mol. The minimum absolute atomic E-state index is 0.0285. The van der Waals surface area contributed by atoms with E-state index >= 15 is 0 Å². The lowest BCUT2D eigenvalue weighted by Gasteiger charge is -2.14. The molecule has 0 fully saturated rings. The predicted octanol–water partition coefficient (Wildman–Crippen LogP) is 3.57. The zero-order valence-corrected chi connectivity index (χ0v) is 15.9. The molecule has 0 saturated carbocycles. The van der Waals surface area contributed by atoms with Crippen LogP contribution in [0.4, 0.5) is 9.52 Å². The van der Waals surface area contributed by atoms with Gasteiger partial charge in [-0.3, -0.25) is 9.52 Å². The number of amides is 1. The quantitative estimate of drug-likeness (QED) is 0.656. The van der Waals surface area contributed by atoms with Gasteiger partial charge in [0.15, 0.2) is 5.13 Å². The Balaban J connectivity index is 1.69. The normalized spacial score (nSPS) is 12.4. The number of halogens is 1. The SMILES string of the molecule is CC(NC(=O)c1ccc(S(=O)(=O)Nc2nccs2)cc1)c1ccc(F)cc1. The summed E-state index contributed by atoms with van der Waals surface area (Å²) >= 11 is 1.17. The van der Waals surface area contributed by atoms with E-state index in [1.165, 1.54) is 53.9 Å². The van der Waals surface area contributed by atoms with Crippen molar-refractivity contribution in [2.45, 2.75) is 17.9 Å². The summed E-state index contributed by atoms with van der Waals surface area (Å²) in [5.41, 5.74) is 1.08. The van der Waals surface area contributed by atoms with Crippen LogP contribution in [0.2, 0.25) is 0 Å². The number of nitrogens with zero attached hydrogens (tertiary/aromatic N) is 1. The summed E-state index contributed by atoms with van der Waals surface area (Å²) in [5, 5.41) is 4.72. The van der Waals surface area contributed by atoms with Crippen molar-refractivity contribution < 1.29 is 17.6 Å². The Labute approximate surface area is 160 Å². The van der Waals surface area contributed by atoms with E-state index in [0.29, 0.717) is 5.56 Å². The highest BCUT2D eigenvalue weighted by molar-refractivity contribution is 7.93. The summed E-state index contributed by atoms with van der Waals surface area (Å²) in [6.45, 7) is 1.78. The lowest BCUT2D eigenvalue weighted by Crippen LogP contribution is -2.26. The number of anilines is 1. The number of thiazole rings is 1. The number of benzene rings is 2. The molecule has 0 bridgehead atoms. The first-order chi connectivity index (χ1) is 12.8. The molecule has 0 aliphatic heterocycles. The van der Waals surface area contributed by atoms with Crippen molar-refractivity contribution in [2.75, 3.05) is 4.72 Å². The molecule has 2 N–H and O–H groups in total. The van der Waals surface area contributed by atoms with Gasteiger partial charge in [0.25, 0.3) is 15.9 Å². The minimum Gasteiger partial charge on any atom is -0.346 e. The molecule has 1 atom stereocenters. The van der Waals surface area contributed by atoms with Crippen LogP contribution in [0.5, 0.6) is 0 Å². The van der Waals surface area contributed by atoms with Crippen molar-refractivity contribution in [1.29, 1.82) is 0 Å². The van der Waals surface area contributed by atoms with Gasteiger partial charge < -0.3 is 5.32 Å². The van der Waals surface area contributed by atoms with Gasteiger partial charge in [0.05, 0.1) is 10.9 Å². The number of hydrogen-bond donors (Lipinski definition) is 2. The van der Waals surface area contributed by atoms with Gasteiger partial charge in [-0.25, -0.2) is 17.8 Å². The van der Waals surface area contributed by atoms with Crippen molar-refractivity contribution in [3.63, 3.8) is 0 Å². The van der Waals surface area contributed by atoms with E-state index in [1.807, 2.05) is 0 Å². The Morgan fingerprint density at radius 3 is 2.37 bits per heavy atom. The van der Waals surface area contributed by atoms with E-state index in [0.717, 1.165) is 5.56 Å². The number of carbonyl (C=O) groups is 1. The Hall–Kier alpha value is -2.78. The van der Waals surface area contributed by atoms with Crippen LogP contribution in [0.1, 0.15) is 28.9 Å². The standard InChI is InChI=1S/C18H16FN3O3S2/c1-12(13-2-6-15(19)7-3-13)21-17(23)14-4-8-16(9-5-14)27(24,25)22-18-20-10-11-26-18/h2-12H,1H3,(H,20,22)(H,21,23). The van der Waals surface area contributed by atoms with E-state index in [4.69, 9.17) is 0 Å². The minimum atomic E-state index is -3.77. The van der Waals surface area contributed by atoms with Gasteiger partial charge in [0.1, 0.15) is 5.82 Å². The van der Waals surface area contributed by atoms with Crippen LogP contribution in [0.25, 0.3) is 0 Å². The molecule has 1 amide bonds. The first kappa shape index (κ1) is 19.0. The number of hydrogen-bond acceptors (Lipinski definition) is 5. The van der Waals surface area contributed by atoms with Crippen LogP contribution in [-0.4, -0.2) is 19.3 Å². The number of aromatic nitrogens is 1. The van der Waals surface area contributed by atoms with Gasteiger partial charge in [-0.1, -0.05) is 12.1 Å². The van der Waals surface area contributed by atoms with E-state index < -0.39 is 10.0 Å². The number of rotatable bonds is 6. The van der Waals surface area contributed by atoms with E-state index in [1.54, 1.807) is 24.4 Å². The summed E-state index contributed by atoms with van der Waals surface area (Å²) in [4.78, 5) is 16.3. The number of sulfonamides is 1. The zero-order valence-electron chi connectivity index (χ0n) is 14.2. The van der Waals surface area contributed by atoms with Crippen LogP contribution < -0.4 is 10.0 Å². The monoisotopic (exact) mass is 405 g/mol. The lowest BCUT2D eigenvalue weighted by molar-refractivity contribution is 0.0940. The highest BCUT2D eigenvalue weighted by atomic mass is 32.2. The maximum Gasteiger partial charge on any atom is 0.263 e. The summed E-state index contributed by atoms with van der Waals surface area (Å²) in [6.07, 6.45) is 1.50. The molecule has 2 aromatic carbocycles. The van der Waals surface area contributed by atoms with Crippen LogP contribution in [0, 0.1) is 5.82 Å². The molecule has 1 heterocycles. The van der Waals surface area contributed by atoms with Gasteiger partial charge >= 0.3 is 0 Å². The average molecular weight is 405 g/mol. The van der Waals surface area contributed by atoms with Crippen molar-refractivity contribution in [1.82, 2.24) is 10.3 Å². The highest BCUT2D eigenvalue weighted by Gasteiger charge is 2.17. The van der Waals surface area contributed by atoms with Crippen molar-refractivity contribution in [3.05, 3.63) is 77.1 Å². The van der Waals surface area contributed by atoms with Crippen molar-refractivity contribution >= 4 is 32.4 Å². The Kier molecular flexibility index (Phi) is 5.52. The maximum atomic E-state index is 13.0. The first-order valence-electron chi connectivity index (χ1n) is 7.94. The summed E-state index contributed by atoms with van der Waals surface area (Å²) in [6, 6.07) is 11.1. The molecule has 3 aromatic rings. The Morgan fingerprint density at radius 2 is 1.78 bits per heavy atom. The van der Waals surface area contributed by atoms with E-state index in [9.17, 15) is 17.6 Å². The topological polar surface area (TPSA) is 88.2 Å². The predicted molar refractivity (Wildman–Crippen MR) is 102 cm³/mol. The van der Waals surface area contributed by atoms with Crippen LogP contribution in [-0.2, 0) is 10.0 Å². The van der Waals surface area contributed by atoms with Gasteiger partial charge in [0.2, 0.25) is 0 Å². The van der Waals surface area contributed by atoms with Crippen LogP contribution in [0.3, 0.4) is 0 Å². The summed E-state index contributed by atoms with van der Waals surface area (Å²) in [5.74, 6) is -0.705. The molecule has 27 heavy (non-hydrogen) atoms. The maximum absolute atomic E-state index is 13.0. The molecule has 6 nitrogen and oxygen atoms in total. The second kappa shape index (κ2) is 7.85. The van der Waals surface area contributed by atoms with E-state index in [2.05, 4.69) is 15.0 Å². The molecule has 0 aliphatic rings. The second-order valence-electron chi connectivity index (χ2n) is 5.71. The smallest absolute Gasteiger partial charge is 0.263 e. The fourth-order valence-corrected chi connectivity index (χ4v) is 4.14. The third-order valence-electron chi connectivity index (χ3n) is 3.80. The molecule has 0 radical (unpaired) electrons. The molecule has 1 unspecified atom stereocenters. The molecule has 140 valence electrons. The van der Waals surface area contributed by atoms with Crippen LogP contribution >= 0.6 is 11.3 Å². The van der Waals surface area contributed by atoms with Crippen molar-refractivity contribution in [2.24, 2.45) is 0 Å². The van der Waals surface area contributed by atoms with Crippen LogP contribution in [0.15, 0.2) is 65.0 Å². The molecular formula is C18H16FN3O3S2. The van der Waals surface area contributed by atoms with E-state index in [-0.39, 0.29) is 27.8 Å². The van der Waals surface area contributed by atoms with Gasteiger partial charge in [-0.2, -0.15) is 0 Å². The third kappa shape index (κ3) is 4.69. The third-order valence-corrected chi connectivity index (χ3v) is 5.97. The Morgan fingerprint density at radius 1 is 1.11 bits per heavy atom. The summed E-state index contributed by atoms with van der Waals surface area (Å²) < 4.78 is 39.9. The summed E-state index contributed by atoms with van der Waals surface area (Å²) in [7, 11) is -3.77. The average Bonchev–Trinajstić information content (AvgIpc) is 3.14. The zero-order chi connectivity index (χ0) is 19.4. The number of nitrogens with one attached hydrogen (secondary N) is 2. The number of carbonyl (C=O) groups excluding carboxylic acids is 1. The fourth-order valence-electron chi connectivity index (χ4n) is 2.35. The van der Waals surface area contributed by atoms with Gasteiger partial charge in [-0.05, 0) is 48.9 Å². The molecule has 3 rings (SSSR count). The first-order valence-corrected chi connectivity index (χ1v) is 10.3. The molecule has 1 aromatic heterocycles. The molecule has 0 spiro atoms. The lowest BCUT2D eigenvalue weighted by atomic mass is 10.1. The second-order valence-corrected chi connectivity index (χ2v) is 8.29. The fraction of sp³-hybridized carbons (Fsp3) is 0.111. The van der Waals surface area contributed by atoms with Crippen molar-refractivity contribution in [3.8, 4) is 0 Å². The molecule has 0 aliphatic carbocycles.